The van der Waals surface area contributed by atoms with Gasteiger partial charge in [0.2, 0.25) is 5.91 Å². The van der Waals surface area contributed by atoms with Crippen LogP contribution in [-0.2, 0) is 19.1 Å². The third-order valence-electron chi connectivity index (χ3n) is 2.38. The highest BCUT2D eigenvalue weighted by molar-refractivity contribution is 6.15. The van der Waals surface area contributed by atoms with Crippen LogP contribution in [-0.4, -0.2) is 49.4 Å². The number of hydrogen-bond donors (Lipinski definition) is 1. The van der Waals surface area contributed by atoms with E-state index in [1.54, 1.807) is 14.0 Å². The van der Waals surface area contributed by atoms with E-state index in [0.29, 0.717) is 18.7 Å². The van der Waals surface area contributed by atoms with Gasteiger partial charge in [-0.05, 0) is 6.92 Å². The van der Waals surface area contributed by atoms with Crippen molar-refractivity contribution in [2.45, 2.75) is 13.3 Å². The number of nitrogens with one attached hydrogen (secondary N) is 1. The monoisotopic (exact) mass is 240 g/mol. The Morgan fingerprint density at radius 2 is 2.18 bits per heavy atom. The maximum absolute atomic E-state index is 11.5. The summed E-state index contributed by atoms with van der Waals surface area (Å²) in [6, 6.07) is 0. The molecule has 3 amide bonds. The van der Waals surface area contributed by atoms with Crippen molar-refractivity contribution in [3.8, 4) is 0 Å². The van der Waals surface area contributed by atoms with Gasteiger partial charge in [-0.3, -0.25) is 19.3 Å². The molecule has 0 spiro atoms. The molecule has 1 aliphatic rings. The third-order valence-corrected chi connectivity index (χ3v) is 2.38. The fraction of sp³-hybridized carbons (Fsp3) is 0.545. The Kier molecular flexibility index (Phi) is 4.84. The topological polar surface area (TPSA) is 75.7 Å². The Morgan fingerprint density at radius 1 is 1.47 bits per heavy atom. The van der Waals surface area contributed by atoms with Crippen molar-refractivity contribution < 1.29 is 19.1 Å². The van der Waals surface area contributed by atoms with Crippen LogP contribution in [0.3, 0.4) is 0 Å². The van der Waals surface area contributed by atoms with Crippen LogP contribution in [0.1, 0.15) is 13.3 Å². The predicted octanol–water partition coefficient (Wildman–Crippen LogP) is -0.546. The summed E-state index contributed by atoms with van der Waals surface area (Å²) in [5.74, 6) is -0.871. The number of nitrogens with zero attached hydrogens (tertiary/aromatic N) is 1. The number of hydrogen-bond acceptors (Lipinski definition) is 4. The van der Waals surface area contributed by atoms with E-state index in [1.807, 2.05) is 0 Å². The van der Waals surface area contributed by atoms with Gasteiger partial charge in [0.05, 0.1) is 6.61 Å². The first-order valence-electron chi connectivity index (χ1n) is 5.36. The Hall–Kier alpha value is -1.69. The Bertz CT molecular complexity index is 362. The molecule has 0 radical (unpaired) electrons. The number of imide groups is 1. The first-order valence-corrected chi connectivity index (χ1v) is 5.36. The molecule has 0 aromatic rings. The molecule has 0 aromatic carbocycles. The van der Waals surface area contributed by atoms with Crippen molar-refractivity contribution in [1.82, 2.24) is 10.2 Å². The van der Waals surface area contributed by atoms with E-state index in [1.165, 1.54) is 6.08 Å². The first kappa shape index (κ1) is 13.4. The smallest absolute Gasteiger partial charge is 0.256 e. The van der Waals surface area contributed by atoms with Crippen molar-refractivity contribution in [2.75, 3.05) is 26.8 Å². The first-order chi connectivity index (χ1) is 8.06. The molecule has 1 heterocycles. The molecule has 0 saturated heterocycles. The Morgan fingerprint density at radius 3 is 2.71 bits per heavy atom. The highest BCUT2D eigenvalue weighted by Crippen LogP contribution is 2.11. The van der Waals surface area contributed by atoms with Gasteiger partial charge in [-0.25, -0.2) is 0 Å². The second kappa shape index (κ2) is 6.15. The average Bonchev–Trinajstić information content (AvgIpc) is 2.51. The van der Waals surface area contributed by atoms with Gasteiger partial charge < -0.3 is 10.1 Å². The summed E-state index contributed by atoms with van der Waals surface area (Å²) in [6.07, 6.45) is 1.40. The summed E-state index contributed by atoms with van der Waals surface area (Å²) in [5, 5.41) is 2.62. The van der Waals surface area contributed by atoms with E-state index in [4.69, 9.17) is 4.74 Å². The van der Waals surface area contributed by atoms with Gasteiger partial charge in [-0.1, -0.05) is 0 Å². The van der Waals surface area contributed by atoms with Crippen LogP contribution in [0.15, 0.2) is 11.6 Å². The second-order valence-corrected chi connectivity index (χ2v) is 3.72. The summed E-state index contributed by atoms with van der Waals surface area (Å²) in [6.45, 7) is 2.56. The van der Waals surface area contributed by atoms with E-state index < -0.39 is 0 Å². The number of amides is 3. The van der Waals surface area contributed by atoms with Crippen molar-refractivity contribution in [1.29, 1.82) is 0 Å². The molecule has 94 valence electrons. The minimum Gasteiger partial charge on any atom is -0.383 e. The average molecular weight is 240 g/mol. The van der Waals surface area contributed by atoms with E-state index in [2.05, 4.69) is 5.32 Å². The highest BCUT2D eigenvalue weighted by Gasteiger charge is 2.28. The van der Waals surface area contributed by atoms with Crippen molar-refractivity contribution in [2.24, 2.45) is 0 Å². The Labute approximate surface area is 99.6 Å². The molecule has 0 atom stereocenters. The van der Waals surface area contributed by atoms with Gasteiger partial charge >= 0.3 is 0 Å². The standard InChI is InChI=1S/C11H16N2O4/c1-8-7-10(15)13(11(8)16)5-3-9(14)12-4-6-17-2/h7H,3-6H2,1-2H3,(H,12,14). The minimum atomic E-state index is -0.350. The Balaban J connectivity index is 2.30. The lowest BCUT2D eigenvalue weighted by Crippen LogP contribution is -2.36. The highest BCUT2D eigenvalue weighted by atomic mass is 16.5. The predicted molar refractivity (Wildman–Crippen MR) is 60.0 cm³/mol. The normalized spacial score (nSPS) is 15.2. The quantitative estimate of drug-likeness (QED) is 0.499. The number of carbonyl (C=O) groups is 3. The van der Waals surface area contributed by atoms with Gasteiger partial charge in [0, 0.05) is 38.3 Å². The van der Waals surface area contributed by atoms with Crippen LogP contribution in [0, 0.1) is 0 Å². The van der Waals surface area contributed by atoms with Gasteiger partial charge in [-0.15, -0.1) is 0 Å². The lowest BCUT2D eigenvalue weighted by molar-refractivity contribution is -0.137. The lowest BCUT2D eigenvalue weighted by Gasteiger charge is -2.13. The molecule has 0 saturated carbocycles. The summed E-state index contributed by atoms with van der Waals surface area (Å²) >= 11 is 0. The fourth-order valence-corrected chi connectivity index (χ4v) is 1.44. The van der Waals surface area contributed by atoms with Crippen LogP contribution >= 0.6 is 0 Å². The summed E-state index contributed by atoms with van der Waals surface area (Å²) in [5.41, 5.74) is 0.412. The number of carbonyl (C=O) groups excluding carboxylic acids is 3. The minimum absolute atomic E-state index is 0.113. The van der Waals surface area contributed by atoms with Crippen molar-refractivity contribution in [3.05, 3.63) is 11.6 Å². The zero-order valence-corrected chi connectivity index (χ0v) is 9.99. The van der Waals surface area contributed by atoms with Gasteiger partial charge in [0.25, 0.3) is 11.8 Å². The molecule has 6 nitrogen and oxygen atoms in total. The number of methoxy groups -OCH3 is 1. The van der Waals surface area contributed by atoms with E-state index in [-0.39, 0.29) is 30.7 Å². The van der Waals surface area contributed by atoms with Crippen molar-refractivity contribution >= 4 is 17.7 Å². The van der Waals surface area contributed by atoms with Gasteiger partial charge in [0.15, 0.2) is 0 Å². The molecule has 0 fully saturated rings. The molecule has 6 heteroatoms. The summed E-state index contributed by atoms with van der Waals surface area (Å²) in [4.78, 5) is 35.2. The number of ether oxygens (including phenoxy) is 1. The van der Waals surface area contributed by atoms with Crippen LogP contribution in [0.5, 0.6) is 0 Å². The zero-order valence-electron chi connectivity index (χ0n) is 9.99. The molecule has 0 aromatic heterocycles. The molecule has 1 rings (SSSR count). The second-order valence-electron chi connectivity index (χ2n) is 3.72. The van der Waals surface area contributed by atoms with E-state index in [0.717, 1.165) is 4.90 Å². The lowest BCUT2D eigenvalue weighted by atomic mass is 10.3. The zero-order chi connectivity index (χ0) is 12.8. The molecule has 1 N–H and O–H groups in total. The summed E-state index contributed by atoms with van der Waals surface area (Å²) < 4.78 is 4.78. The SMILES string of the molecule is COCCNC(=O)CCN1C(=O)C=C(C)C1=O. The molecule has 0 bridgehead atoms. The third kappa shape index (κ3) is 3.67. The molecule has 0 aliphatic carbocycles. The van der Waals surface area contributed by atoms with Crippen LogP contribution in [0.25, 0.3) is 0 Å². The van der Waals surface area contributed by atoms with Gasteiger partial charge in [0.1, 0.15) is 0 Å². The summed E-state index contributed by atoms with van der Waals surface area (Å²) in [7, 11) is 1.54. The van der Waals surface area contributed by atoms with Gasteiger partial charge in [-0.2, -0.15) is 0 Å². The van der Waals surface area contributed by atoms with Crippen molar-refractivity contribution in [3.63, 3.8) is 0 Å². The molecule has 1 aliphatic heterocycles. The molecular formula is C11H16N2O4. The number of rotatable bonds is 6. The van der Waals surface area contributed by atoms with Crippen LogP contribution in [0.2, 0.25) is 0 Å². The fourth-order valence-electron chi connectivity index (χ4n) is 1.44. The molecule has 0 unspecified atom stereocenters. The van der Waals surface area contributed by atoms with Crippen LogP contribution < -0.4 is 5.32 Å². The molecule has 17 heavy (non-hydrogen) atoms. The maximum atomic E-state index is 11.5. The van der Waals surface area contributed by atoms with Crippen LogP contribution in [0.4, 0.5) is 0 Å². The van der Waals surface area contributed by atoms with E-state index in [9.17, 15) is 14.4 Å². The molecular weight excluding hydrogens is 224 g/mol. The largest absolute Gasteiger partial charge is 0.383 e. The van der Waals surface area contributed by atoms with E-state index >= 15 is 0 Å². The maximum Gasteiger partial charge on any atom is 0.256 e.